The summed E-state index contributed by atoms with van der Waals surface area (Å²) in [5.41, 5.74) is 1.25. The van der Waals surface area contributed by atoms with Crippen LogP contribution in [-0.2, 0) is 11.2 Å². The standard InChI is InChI=1S/C15H21N3O2S/c1-11-8-18-12(9-21-14(18)16-11)7-13(19)17(2)10-15(20)5-3-4-6-15/h8-9,20H,3-7,10H2,1-2H3. The molecule has 21 heavy (non-hydrogen) atoms. The van der Waals surface area contributed by atoms with Gasteiger partial charge in [-0.3, -0.25) is 9.20 Å². The molecule has 0 aliphatic heterocycles. The first-order valence-corrected chi connectivity index (χ1v) is 8.23. The van der Waals surface area contributed by atoms with Crippen LogP contribution in [0.15, 0.2) is 11.6 Å². The summed E-state index contributed by atoms with van der Waals surface area (Å²) in [5, 5.41) is 12.4. The second-order valence-corrected chi connectivity index (χ2v) is 6.96. The molecule has 1 saturated carbocycles. The first kappa shape index (κ1) is 14.5. The van der Waals surface area contributed by atoms with Crippen molar-refractivity contribution in [1.82, 2.24) is 14.3 Å². The fraction of sp³-hybridized carbons (Fsp3) is 0.600. The normalized spacial score (nSPS) is 17.5. The van der Waals surface area contributed by atoms with Gasteiger partial charge in [0.15, 0.2) is 4.96 Å². The maximum absolute atomic E-state index is 12.4. The largest absolute Gasteiger partial charge is 0.388 e. The Labute approximate surface area is 128 Å². The fourth-order valence-corrected chi connectivity index (χ4v) is 4.00. The number of aryl methyl sites for hydroxylation is 1. The molecule has 0 atom stereocenters. The summed E-state index contributed by atoms with van der Waals surface area (Å²) in [5.74, 6) is 0.0429. The number of hydrogen-bond donors (Lipinski definition) is 1. The summed E-state index contributed by atoms with van der Waals surface area (Å²) in [7, 11) is 1.78. The third-order valence-corrected chi connectivity index (χ3v) is 5.12. The molecular weight excluding hydrogens is 286 g/mol. The quantitative estimate of drug-likeness (QED) is 0.940. The van der Waals surface area contributed by atoms with E-state index in [4.69, 9.17) is 0 Å². The Hall–Kier alpha value is -1.40. The highest BCUT2D eigenvalue weighted by Gasteiger charge is 2.33. The lowest BCUT2D eigenvalue weighted by molar-refractivity contribution is -0.132. The van der Waals surface area contributed by atoms with Gasteiger partial charge in [0.25, 0.3) is 0 Å². The molecule has 5 nitrogen and oxygen atoms in total. The molecular formula is C15H21N3O2S. The number of amides is 1. The van der Waals surface area contributed by atoms with E-state index in [1.807, 2.05) is 22.9 Å². The maximum Gasteiger partial charge on any atom is 0.228 e. The first-order chi connectivity index (χ1) is 9.97. The van der Waals surface area contributed by atoms with Crippen molar-refractivity contribution in [3.05, 3.63) is 23.0 Å². The minimum Gasteiger partial charge on any atom is -0.388 e. The fourth-order valence-electron chi connectivity index (χ4n) is 3.08. The van der Waals surface area contributed by atoms with E-state index in [1.54, 1.807) is 23.3 Å². The summed E-state index contributed by atoms with van der Waals surface area (Å²) in [6.07, 6.45) is 6.01. The van der Waals surface area contributed by atoms with Gasteiger partial charge in [-0.1, -0.05) is 12.8 Å². The molecule has 1 fully saturated rings. The van der Waals surface area contributed by atoms with Crippen molar-refractivity contribution >= 4 is 22.2 Å². The Balaban J connectivity index is 1.67. The Morgan fingerprint density at radius 1 is 1.52 bits per heavy atom. The van der Waals surface area contributed by atoms with Gasteiger partial charge in [-0.25, -0.2) is 4.98 Å². The van der Waals surface area contributed by atoms with E-state index < -0.39 is 5.60 Å². The minimum atomic E-state index is -0.681. The van der Waals surface area contributed by atoms with E-state index in [0.717, 1.165) is 42.0 Å². The summed E-state index contributed by atoms with van der Waals surface area (Å²) in [6.45, 7) is 2.38. The molecule has 114 valence electrons. The van der Waals surface area contributed by atoms with Crippen LogP contribution in [0.1, 0.15) is 37.1 Å². The van der Waals surface area contributed by atoms with E-state index in [-0.39, 0.29) is 5.91 Å². The molecule has 2 aromatic rings. The predicted octanol–water partition coefficient (Wildman–Crippen LogP) is 2.01. The molecule has 0 radical (unpaired) electrons. The maximum atomic E-state index is 12.4. The second-order valence-electron chi connectivity index (χ2n) is 6.12. The lowest BCUT2D eigenvalue weighted by Crippen LogP contribution is -2.42. The topological polar surface area (TPSA) is 57.8 Å². The third kappa shape index (κ3) is 2.96. The van der Waals surface area contributed by atoms with Crippen molar-refractivity contribution in [2.45, 2.75) is 44.6 Å². The van der Waals surface area contributed by atoms with Crippen LogP contribution in [0.4, 0.5) is 0 Å². The van der Waals surface area contributed by atoms with Gasteiger partial charge in [0.2, 0.25) is 5.91 Å². The van der Waals surface area contributed by atoms with Crippen LogP contribution in [0.5, 0.6) is 0 Å². The van der Waals surface area contributed by atoms with Gasteiger partial charge in [-0.2, -0.15) is 0 Å². The second kappa shape index (κ2) is 5.42. The molecule has 0 spiro atoms. The molecule has 0 saturated heterocycles. The van der Waals surface area contributed by atoms with E-state index >= 15 is 0 Å². The molecule has 2 aromatic heterocycles. The number of thiazole rings is 1. The zero-order valence-corrected chi connectivity index (χ0v) is 13.3. The summed E-state index contributed by atoms with van der Waals surface area (Å²) in [4.78, 5) is 19.4. The number of rotatable bonds is 4. The predicted molar refractivity (Wildman–Crippen MR) is 82.6 cm³/mol. The molecule has 1 amide bonds. The van der Waals surface area contributed by atoms with Crippen LogP contribution in [0.25, 0.3) is 4.96 Å². The average Bonchev–Trinajstić information content (AvgIpc) is 3.08. The first-order valence-electron chi connectivity index (χ1n) is 7.35. The highest BCUT2D eigenvalue weighted by Crippen LogP contribution is 2.30. The van der Waals surface area contributed by atoms with Gasteiger partial charge < -0.3 is 10.0 Å². The van der Waals surface area contributed by atoms with Crippen LogP contribution < -0.4 is 0 Å². The lowest BCUT2D eigenvalue weighted by atomic mass is 10.0. The van der Waals surface area contributed by atoms with Gasteiger partial charge >= 0.3 is 0 Å². The number of carbonyl (C=O) groups is 1. The van der Waals surface area contributed by atoms with E-state index in [2.05, 4.69) is 4.98 Å². The number of hydrogen-bond acceptors (Lipinski definition) is 4. The minimum absolute atomic E-state index is 0.0429. The molecule has 6 heteroatoms. The van der Waals surface area contributed by atoms with Crippen molar-refractivity contribution in [3.63, 3.8) is 0 Å². The summed E-state index contributed by atoms with van der Waals surface area (Å²) >= 11 is 1.55. The SMILES string of the molecule is Cc1cn2c(CC(=O)N(C)CC3(O)CCCC3)csc2n1. The van der Waals surface area contributed by atoms with Crippen molar-refractivity contribution in [3.8, 4) is 0 Å². The van der Waals surface area contributed by atoms with Crippen molar-refractivity contribution in [1.29, 1.82) is 0 Å². The van der Waals surface area contributed by atoms with Crippen LogP contribution in [0, 0.1) is 6.92 Å². The van der Waals surface area contributed by atoms with Crippen molar-refractivity contribution in [2.75, 3.05) is 13.6 Å². The summed E-state index contributed by atoms with van der Waals surface area (Å²) < 4.78 is 1.98. The molecule has 0 bridgehead atoms. The number of likely N-dealkylation sites (N-methyl/N-ethyl adjacent to an activating group) is 1. The highest BCUT2D eigenvalue weighted by atomic mass is 32.1. The number of aromatic nitrogens is 2. The van der Waals surface area contributed by atoms with Crippen LogP contribution in [-0.4, -0.2) is 44.5 Å². The smallest absolute Gasteiger partial charge is 0.228 e. The van der Waals surface area contributed by atoms with E-state index in [0.29, 0.717) is 13.0 Å². The zero-order valence-electron chi connectivity index (χ0n) is 12.5. The monoisotopic (exact) mass is 307 g/mol. The van der Waals surface area contributed by atoms with E-state index in [1.165, 1.54) is 0 Å². The number of aliphatic hydroxyl groups is 1. The lowest BCUT2D eigenvalue weighted by Gasteiger charge is -2.28. The van der Waals surface area contributed by atoms with Crippen LogP contribution in [0.3, 0.4) is 0 Å². The van der Waals surface area contributed by atoms with Gasteiger partial charge in [-0.15, -0.1) is 11.3 Å². The highest BCUT2D eigenvalue weighted by molar-refractivity contribution is 7.15. The number of nitrogens with zero attached hydrogens (tertiary/aromatic N) is 3. The molecule has 1 aliphatic rings. The van der Waals surface area contributed by atoms with Crippen molar-refractivity contribution in [2.24, 2.45) is 0 Å². The van der Waals surface area contributed by atoms with Crippen LogP contribution >= 0.6 is 11.3 Å². The van der Waals surface area contributed by atoms with Gasteiger partial charge in [0.1, 0.15) is 0 Å². The molecule has 0 aromatic carbocycles. The van der Waals surface area contributed by atoms with Gasteiger partial charge in [0.05, 0.1) is 17.7 Å². The number of fused-ring (bicyclic) bond motifs is 1. The Morgan fingerprint density at radius 2 is 2.24 bits per heavy atom. The van der Waals surface area contributed by atoms with Crippen molar-refractivity contribution < 1.29 is 9.90 Å². The van der Waals surface area contributed by atoms with Gasteiger partial charge in [-0.05, 0) is 19.8 Å². The number of carbonyl (C=O) groups excluding carboxylic acids is 1. The van der Waals surface area contributed by atoms with E-state index in [9.17, 15) is 9.90 Å². The molecule has 1 N–H and O–H groups in total. The molecule has 3 rings (SSSR count). The Bertz CT molecular complexity index is 655. The molecule has 0 unspecified atom stereocenters. The molecule has 2 heterocycles. The summed E-state index contributed by atoms with van der Waals surface area (Å²) in [6, 6.07) is 0. The average molecular weight is 307 g/mol. The Morgan fingerprint density at radius 3 is 2.95 bits per heavy atom. The number of imidazole rings is 1. The molecule has 1 aliphatic carbocycles. The van der Waals surface area contributed by atoms with Crippen LogP contribution in [0.2, 0.25) is 0 Å². The third-order valence-electron chi connectivity index (χ3n) is 4.23. The zero-order chi connectivity index (χ0) is 15.0. The van der Waals surface area contributed by atoms with Gasteiger partial charge in [0, 0.05) is 30.9 Å². The Kier molecular flexibility index (Phi) is 3.75.